The van der Waals surface area contributed by atoms with Gasteiger partial charge in [-0.05, 0) is 12.8 Å². The fourth-order valence-electron chi connectivity index (χ4n) is 3.88. The molecule has 4 heteroatoms. The molecule has 195 valence electrons. The van der Waals surface area contributed by atoms with E-state index in [1.54, 1.807) is 24.1 Å². The minimum atomic E-state index is 0.810. The summed E-state index contributed by atoms with van der Waals surface area (Å²) in [6.45, 7) is 4.58. The van der Waals surface area contributed by atoms with Gasteiger partial charge in [0.05, 0.1) is 0 Å². The van der Waals surface area contributed by atoms with Crippen LogP contribution in [0.1, 0.15) is 142 Å². The molecule has 1 aromatic rings. The Morgan fingerprint density at radius 3 is 1.12 bits per heavy atom. The molecule has 0 aliphatic heterocycles. The van der Waals surface area contributed by atoms with E-state index >= 15 is 0 Å². The predicted octanol–water partition coefficient (Wildman–Crippen LogP) is 11.0. The second-order valence-corrected chi connectivity index (χ2v) is 14.6. The Hall–Kier alpha value is 0.815. The van der Waals surface area contributed by atoms with E-state index in [0.29, 0.717) is 0 Å². The fourth-order valence-corrected chi connectivity index (χ4v) is 6.40. The van der Waals surface area contributed by atoms with E-state index in [1.807, 2.05) is 0 Å². The number of hydrogen-bond acceptors (Lipinski definition) is 3. The summed E-state index contributed by atoms with van der Waals surface area (Å²) >= 11 is 4.16. The molecule has 1 aromatic carbocycles. The van der Waals surface area contributed by atoms with Crippen LogP contribution < -0.4 is 3.07 Å². The van der Waals surface area contributed by atoms with Crippen LogP contribution in [0.2, 0.25) is 0 Å². The van der Waals surface area contributed by atoms with Gasteiger partial charge in [0.25, 0.3) is 0 Å². The van der Waals surface area contributed by atoms with Gasteiger partial charge < -0.3 is 0 Å². The molecule has 0 aliphatic rings. The summed E-state index contributed by atoms with van der Waals surface area (Å²) in [4.78, 5) is 0. The van der Waals surface area contributed by atoms with E-state index < -0.39 is 0 Å². The van der Waals surface area contributed by atoms with E-state index in [9.17, 15) is 0 Å². The van der Waals surface area contributed by atoms with Crippen LogP contribution in [0.4, 0.5) is 0 Å². The molecule has 0 spiro atoms. The van der Waals surface area contributed by atoms with Crippen molar-refractivity contribution in [3.8, 4) is 0 Å². The van der Waals surface area contributed by atoms with Gasteiger partial charge in [0, 0.05) is 35.6 Å². The van der Waals surface area contributed by atoms with Gasteiger partial charge in [-0.3, -0.25) is 0 Å². The van der Waals surface area contributed by atoms with Crippen LogP contribution in [0.3, 0.4) is 0 Å². The number of unbranched alkanes of at least 4 members (excludes halogenated alkanes) is 18. The van der Waals surface area contributed by atoms with Crippen molar-refractivity contribution < 1.29 is 29.8 Å². The molecular formula is C30H55HgOS2. The van der Waals surface area contributed by atoms with Gasteiger partial charge in [0.15, 0.2) is 0 Å². The van der Waals surface area contributed by atoms with Crippen molar-refractivity contribution in [2.45, 2.75) is 142 Å². The average Bonchev–Trinajstić information content (AvgIpc) is 2.85. The van der Waals surface area contributed by atoms with Crippen molar-refractivity contribution in [1.29, 1.82) is 0 Å². The van der Waals surface area contributed by atoms with Crippen molar-refractivity contribution in [3.05, 3.63) is 30.3 Å². The zero-order chi connectivity index (χ0) is 24.8. The Bertz CT molecular complexity index is 448. The van der Waals surface area contributed by atoms with Crippen molar-refractivity contribution in [2.24, 2.45) is 0 Å². The van der Waals surface area contributed by atoms with Crippen LogP contribution >= 0.6 is 24.1 Å². The van der Waals surface area contributed by atoms with Gasteiger partial charge >= 0.3 is 59.5 Å². The first kappa shape index (κ1) is 34.8. The SMILES string of the molecule is CCCCCCCCCCCCSOSCCCCCCCCCCCC.[Hg][c]1ccccc1. The first-order valence-corrected chi connectivity index (χ1v) is 19.2. The zero-order valence-electron chi connectivity index (χ0n) is 22.9. The molecule has 34 heavy (non-hydrogen) atoms. The van der Waals surface area contributed by atoms with Crippen molar-refractivity contribution in [3.63, 3.8) is 0 Å². The van der Waals surface area contributed by atoms with E-state index in [2.05, 4.69) is 44.2 Å². The van der Waals surface area contributed by atoms with Crippen molar-refractivity contribution in [2.75, 3.05) is 11.5 Å². The molecule has 0 aromatic heterocycles. The summed E-state index contributed by atoms with van der Waals surface area (Å²) in [5, 5.41) is 0. The maximum absolute atomic E-state index is 5.63. The zero-order valence-corrected chi connectivity index (χ0v) is 30.0. The van der Waals surface area contributed by atoms with Gasteiger partial charge in [-0.2, -0.15) is 0 Å². The molecule has 0 N–H and O–H groups in total. The number of hydrogen-bond donors (Lipinski definition) is 0. The number of benzene rings is 1. The fraction of sp³-hybridized carbons (Fsp3) is 0.800. The Labute approximate surface area is 239 Å². The average molecular weight is 696 g/mol. The van der Waals surface area contributed by atoms with E-state index in [-0.39, 0.29) is 0 Å². The molecule has 0 aliphatic carbocycles. The van der Waals surface area contributed by atoms with Crippen LogP contribution in [-0.2, 0) is 29.8 Å². The Kier molecular flexibility index (Phi) is 32.6. The quantitative estimate of drug-likeness (QED) is 0.0605. The van der Waals surface area contributed by atoms with Gasteiger partial charge in [0.2, 0.25) is 0 Å². The first-order chi connectivity index (χ1) is 16.8. The summed E-state index contributed by atoms with van der Waals surface area (Å²) < 4.78 is 7.15. The molecule has 0 unspecified atom stereocenters. The number of rotatable bonds is 24. The molecule has 0 amide bonds. The monoisotopic (exact) mass is 697 g/mol. The van der Waals surface area contributed by atoms with E-state index in [0.717, 1.165) is 26.1 Å². The van der Waals surface area contributed by atoms with Gasteiger partial charge in [0.1, 0.15) is 0 Å². The molecule has 1 nitrogen and oxygen atoms in total. The molecule has 0 radical (unpaired) electrons. The molecule has 1 rings (SSSR count). The predicted molar refractivity (Wildman–Crippen MR) is 156 cm³/mol. The topological polar surface area (TPSA) is 9.23 Å². The summed E-state index contributed by atoms with van der Waals surface area (Å²) in [6, 6.07) is 10.6. The standard InChI is InChI=1S/C24H50OS2.C6H5.Hg/c1-3-5-7-9-11-13-15-17-19-21-23-26-25-27-24-22-20-18-16-14-12-10-8-6-4-2;1-2-4-6-5-3-1;/h3-24H2,1-2H3;1-5H;. The summed E-state index contributed by atoms with van der Waals surface area (Å²) in [5.41, 5.74) is 0. The molecule has 0 saturated heterocycles. The normalized spacial score (nSPS) is 10.8. The Balaban J connectivity index is 0.00000131. The molecule has 0 heterocycles. The minimum absolute atomic E-state index is 0.810. The summed E-state index contributed by atoms with van der Waals surface area (Å²) in [6.07, 6.45) is 28.3. The molecule has 0 fully saturated rings. The summed E-state index contributed by atoms with van der Waals surface area (Å²) in [7, 11) is 0. The second-order valence-electron chi connectivity index (χ2n) is 9.56. The van der Waals surface area contributed by atoms with Crippen LogP contribution in [0.15, 0.2) is 30.3 Å². The molecule has 0 atom stereocenters. The third-order valence-electron chi connectivity index (χ3n) is 6.10. The van der Waals surface area contributed by atoms with Crippen molar-refractivity contribution in [1.82, 2.24) is 0 Å². The van der Waals surface area contributed by atoms with Crippen LogP contribution in [-0.4, -0.2) is 11.5 Å². The van der Waals surface area contributed by atoms with Gasteiger partial charge in [-0.1, -0.05) is 129 Å². The summed E-state index contributed by atoms with van der Waals surface area (Å²) in [5.74, 6) is 2.34. The van der Waals surface area contributed by atoms with Crippen LogP contribution in [0.5, 0.6) is 0 Å². The first-order valence-electron chi connectivity index (χ1n) is 14.6. The molecule has 0 saturated carbocycles. The third-order valence-corrected chi connectivity index (χ3v) is 9.61. The van der Waals surface area contributed by atoms with Crippen LogP contribution in [0.25, 0.3) is 0 Å². The molecular weight excluding hydrogens is 641 g/mol. The third kappa shape index (κ3) is 30.8. The Morgan fingerprint density at radius 1 is 0.500 bits per heavy atom. The maximum atomic E-state index is 5.63. The van der Waals surface area contributed by atoms with E-state index in [1.165, 1.54) is 143 Å². The van der Waals surface area contributed by atoms with Gasteiger partial charge in [-0.25, -0.2) is 3.63 Å². The second kappa shape index (κ2) is 31.8. The molecule has 0 bridgehead atoms. The Morgan fingerprint density at radius 2 is 0.824 bits per heavy atom. The van der Waals surface area contributed by atoms with Crippen molar-refractivity contribution >= 4 is 27.2 Å². The van der Waals surface area contributed by atoms with E-state index in [4.69, 9.17) is 3.63 Å². The van der Waals surface area contributed by atoms with Crippen LogP contribution in [0, 0.1) is 0 Å². The van der Waals surface area contributed by atoms with Gasteiger partial charge in [-0.15, -0.1) is 0 Å².